The van der Waals surface area contributed by atoms with E-state index in [0.717, 1.165) is 34.5 Å². The summed E-state index contributed by atoms with van der Waals surface area (Å²) in [6, 6.07) is 11.1. The summed E-state index contributed by atoms with van der Waals surface area (Å²) in [5.74, 6) is 0.394. The fourth-order valence-electron chi connectivity index (χ4n) is 3.22. The summed E-state index contributed by atoms with van der Waals surface area (Å²) in [7, 11) is -3.51. The predicted octanol–water partition coefficient (Wildman–Crippen LogP) is 4.46. The molecule has 2 aromatic carbocycles. The lowest BCUT2D eigenvalue weighted by atomic mass is 9.87. The monoisotopic (exact) mass is 381 g/mol. The third-order valence-electron chi connectivity index (χ3n) is 4.54. The van der Waals surface area contributed by atoms with E-state index in [-0.39, 0.29) is 6.04 Å². The number of fused-ring (bicyclic) bond motifs is 1. The van der Waals surface area contributed by atoms with Gasteiger partial charge in [-0.25, -0.2) is 13.1 Å². The molecule has 0 bridgehead atoms. The third kappa shape index (κ3) is 3.07. The Bertz CT molecular complexity index is 788. The average molecular weight is 382 g/mol. The smallest absolute Gasteiger partial charge is 0.208 e. The van der Waals surface area contributed by atoms with Gasteiger partial charge in [0.1, 0.15) is 0 Å². The van der Waals surface area contributed by atoms with Crippen LogP contribution >= 0.6 is 15.9 Å². The van der Waals surface area contributed by atoms with E-state index in [1.165, 1.54) is 6.42 Å². The van der Waals surface area contributed by atoms with Crippen molar-refractivity contribution < 1.29 is 8.42 Å². The molecule has 0 saturated heterocycles. The molecule has 0 amide bonds. The van der Waals surface area contributed by atoms with Crippen LogP contribution in [0, 0.1) is 5.92 Å². The fourth-order valence-corrected chi connectivity index (χ4v) is 5.29. The Morgan fingerprint density at radius 1 is 1.05 bits per heavy atom. The first kappa shape index (κ1) is 16.0. The van der Waals surface area contributed by atoms with Crippen LogP contribution in [0.5, 0.6) is 0 Å². The van der Waals surface area contributed by atoms with Crippen molar-refractivity contribution in [2.75, 3.05) is 0 Å². The summed E-state index contributed by atoms with van der Waals surface area (Å²) in [4.78, 5) is 0.365. The molecule has 1 aliphatic carbocycles. The highest BCUT2D eigenvalue weighted by atomic mass is 79.9. The Morgan fingerprint density at radius 2 is 1.73 bits per heavy atom. The van der Waals surface area contributed by atoms with Gasteiger partial charge in [0, 0.05) is 15.9 Å². The van der Waals surface area contributed by atoms with Crippen LogP contribution in [0.15, 0.2) is 45.8 Å². The SMILES string of the molecule is C[C@H]1CCCC[C@@H]1NS(=O)(=O)c1ccc(Br)c2ccccc12. The van der Waals surface area contributed by atoms with E-state index in [2.05, 4.69) is 27.6 Å². The van der Waals surface area contributed by atoms with Crippen LogP contribution in [0.3, 0.4) is 0 Å². The van der Waals surface area contributed by atoms with E-state index < -0.39 is 10.0 Å². The minimum atomic E-state index is -3.51. The van der Waals surface area contributed by atoms with Crippen LogP contribution in [-0.4, -0.2) is 14.5 Å². The van der Waals surface area contributed by atoms with Gasteiger partial charge in [0.25, 0.3) is 0 Å². The second kappa shape index (κ2) is 6.30. The van der Waals surface area contributed by atoms with Crippen LogP contribution in [0.25, 0.3) is 10.8 Å². The van der Waals surface area contributed by atoms with Gasteiger partial charge in [0.05, 0.1) is 4.90 Å². The van der Waals surface area contributed by atoms with Crippen molar-refractivity contribution in [3.8, 4) is 0 Å². The molecule has 0 aromatic heterocycles. The van der Waals surface area contributed by atoms with Gasteiger partial charge in [-0.3, -0.25) is 0 Å². The largest absolute Gasteiger partial charge is 0.241 e. The molecule has 1 fully saturated rings. The number of rotatable bonds is 3. The molecule has 5 heteroatoms. The molecule has 3 rings (SSSR count). The maximum Gasteiger partial charge on any atom is 0.241 e. The van der Waals surface area contributed by atoms with Crippen LogP contribution in [-0.2, 0) is 10.0 Å². The van der Waals surface area contributed by atoms with Crippen molar-refractivity contribution in [3.05, 3.63) is 40.9 Å². The maximum absolute atomic E-state index is 12.8. The van der Waals surface area contributed by atoms with Gasteiger partial charge in [-0.15, -0.1) is 0 Å². The first-order valence-electron chi connectivity index (χ1n) is 7.68. The Labute approximate surface area is 140 Å². The number of benzene rings is 2. The summed E-state index contributed by atoms with van der Waals surface area (Å²) >= 11 is 3.49. The molecule has 0 unspecified atom stereocenters. The molecule has 2 atom stereocenters. The van der Waals surface area contributed by atoms with E-state index in [4.69, 9.17) is 0 Å². The van der Waals surface area contributed by atoms with E-state index in [9.17, 15) is 8.42 Å². The van der Waals surface area contributed by atoms with Gasteiger partial charge < -0.3 is 0 Å². The minimum absolute atomic E-state index is 0.0427. The maximum atomic E-state index is 12.8. The fraction of sp³-hybridized carbons (Fsp3) is 0.412. The zero-order valence-corrected chi connectivity index (χ0v) is 15.0. The molecule has 3 nitrogen and oxygen atoms in total. The number of nitrogens with one attached hydrogen (secondary N) is 1. The van der Waals surface area contributed by atoms with Gasteiger partial charge in [0.15, 0.2) is 0 Å². The van der Waals surface area contributed by atoms with E-state index in [0.29, 0.717) is 10.8 Å². The minimum Gasteiger partial charge on any atom is -0.208 e. The standard InChI is InChI=1S/C17H20BrNO2S/c1-12-6-2-5-9-16(12)19-22(20,21)17-11-10-15(18)13-7-3-4-8-14(13)17/h3-4,7-8,10-12,16,19H,2,5-6,9H2,1H3/t12-,16-/m0/s1. The normalized spacial score (nSPS) is 22.8. The van der Waals surface area contributed by atoms with Crippen LogP contribution in [0.1, 0.15) is 32.6 Å². The Hall–Kier alpha value is -0.910. The average Bonchev–Trinajstić information content (AvgIpc) is 2.50. The molecular formula is C17H20BrNO2S. The van der Waals surface area contributed by atoms with Crippen molar-refractivity contribution >= 4 is 36.7 Å². The number of hydrogen-bond donors (Lipinski definition) is 1. The lowest BCUT2D eigenvalue weighted by molar-refractivity contribution is 0.310. The van der Waals surface area contributed by atoms with E-state index >= 15 is 0 Å². The van der Waals surface area contributed by atoms with Crippen molar-refractivity contribution in [3.63, 3.8) is 0 Å². The molecule has 0 aliphatic heterocycles. The summed E-state index contributed by atoms with van der Waals surface area (Å²) in [6.07, 6.45) is 4.31. The highest BCUT2D eigenvalue weighted by molar-refractivity contribution is 9.10. The molecule has 0 radical (unpaired) electrons. The van der Waals surface area contributed by atoms with E-state index in [1.807, 2.05) is 24.3 Å². The number of hydrogen-bond acceptors (Lipinski definition) is 2. The predicted molar refractivity (Wildman–Crippen MR) is 93.4 cm³/mol. The molecule has 0 spiro atoms. The van der Waals surface area contributed by atoms with Crippen LogP contribution in [0.2, 0.25) is 0 Å². The molecule has 1 aliphatic rings. The Kier molecular flexibility index (Phi) is 4.57. The number of sulfonamides is 1. The molecule has 0 heterocycles. The van der Waals surface area contributed by atoms with Gasteiger partial charge in [-0.05, 0) is 36.3 Å². The Balaban J connectivity index is 2.01. The van der Waals surface area contributed by atoms with E-state index in [1.54, 1.807) is 12.1 Å². The molecule has 1 saturated carbocycles. The highest BCUT2D eigenvalue weighted by Gasteiger charge is 2.27. The first-order valence-corrected chi connectivity index (χ1v) is 9.96. The zero-order valence-electron chi connectivity index (χ0n) is 12.5. The Morgan fingerprint density at radius 3 is 2.45 bits per heavy atom. The summed E-state index contributed by atoms with van der Waals surface area (Å²) in [6.45, 7) is 2.13. The number of halogens is 1. The second-order valence-corrected chi connectivity index (χ2v) is 8.62. The molecule has 118 valence electrons. The topological polar surface area (TPSA) is 46.2 Å². The van der Waals surface area contributed by atoms with Crippen LogP contribution < -0.4 is 4.72 Å². The van der Waals surface area contributed by atoms with Crippen LogP contribution in [0.4, 0.5) is 0 Å². The third-order valence-corrected chi connectivity index (χ3v) is 6.78. The van der Waals surface area contributed by atoms with Gasteiger partial charge >= 0.3 is 0 Å². The van der Waals surface area contributed by atoms with Crippen molar-refractivity contribution in [1.29, 1.82) is 0 Å². The second-order valence-electron chi connectivity index (χ2n) is 6.08. The van der Waals surface area contributed by atoms with Crippen molar-refractivity contribution in [2.45, 2.75) is 43.5 Å². The zero-order chi connectivity index (χ0) is 15.7. The highest BCUT2D eigenvalue weighted by Crippen LogP contribution is 2.31. The lowest BCUT2D eigenvalue weighted by Gasteiger charge is -2.29. The molecular weight excluding hydrogens is 362 g/mol. The quantitative estimate of drug-likeness (QED) is 0.852. The van der Waals surface area contributed by atoms with Crippen molar-refractivity contribution in [1.82, 2.24) is 4.72 Å². The lowest BCUT2D eigenvalue weighted by Crippen LogP contribution is -2.41. The van der Waals surface area contributed by atoms with Gasteiger partial charge in [0.2, 0.25) is 10.0 Å². The molecule has 2 aromatic rings. The summed E-state index contributed by atoms with van der Waals surface area (Å²) in [5.41, 5.74) is 0. The summed E-state index contributed by atoms with van der Waals surface area (Å²) in [5, 5.41) is 1.68. The van der Waals surface area contributed by atoms with Gasteiger partial charge in [-0.2, -0.15) is 0 Å². The molecule has 1 N–H and O–H groups in total. The molecule has 22 heavy (non-hydrogen) atoms. The first-order chi connectivity index (χ1) is 10.5. The van der Waals surface area contributed by atoms with Gasteiger partial charge in [-0.1, -0.05) is 60.0 Å². The van der Waals surface area contributed by atoms with Crippen molar-refractivity contribution in [2.24, 2.45) is 5.92 Å². The summed E-state index contributed by atoms with van der Waals surface area (Å²) < 4.78 is 29.5.